The molecule has 0 saturated carbocycles. The zero-order valence-corrected chi connectivity index (χ0v) is 36.0. The lowest BCUT2D eigenvalue weighted by Gasteiger charge is -2.32. The molecule has 5 heterocycles. The maximum atomic E-state index is 17.2. The highest BCUT2D eigenvalue weighted by Gasteiger charge is 2.39. The van der Waals surface area contributed by atoms with Crippen LogP contribution in [0.5, 0.6) is 17.4 Å². The number of carbonyl (C=O) groups excluding carboxylic acids is 1. The number of fused-ring (bicyclic) bond motifs is 1. The second kappa shape index (κ2) is 18.7. The Morgan fingerprint density at radius 2 is 1.79 bits per heavy atom. The first-order chi connectivity index (χ1) is 29.5. The monoisotopic (exact) mass is 898 g/mol. The van der Waals surface area contributed by atoms with E-state index in [-0.39, 0.29) is 40.6 Å². The number of ether oxygens (including phenoxy) is 4. The Morgan fingerprint density at radius 1 is 1.03 bits per heavy atom. The highest BCUT2D eigenvalue weighted by molar-refractivity contribution is 7.22. The van der Waals surface area contributed by atoms with Crippen molar-refractivity contribution in [1.82, 2.24) is 29.5 Å². The van der Waals surface area contributed by atoms with Crippen molar-refractivity contribution >= 4 is 54.8 Å². The molecule has 326 valence electrons. The number of alkyl halides is 4. The van der Waals surface area contributed by atoms with Gasteiger partial charge in [0.2, 0.25) is 12.0 Å². The molecule has 2 atom stereocenters. The predicted octanol–water partition coefficient (Wildman–Crippen LogP) is 6.58. The van der Waals surface area contributed by atoms with Gasteiger partial charge in [0.1, 0.15) is 41.6 Å². The number of likely N-dealkylation sites (N-methyl/N-ethyl adjacent to an activating group) is 1. The fourth-order valence-corrected chi connectivity index (χ4v) is 8.59. The highest BCUT2D eigenvalue weighted by atomic mass is 35.5. The second-order valence-electron chi connectivity index (χ2n) is 15.1. The summed E-state index contributed by atoms with van der Waals surface area (Å²) in [5, 5.41) is 2.92. The molecule has 0 bridgehead atoms. The Kier molecular flexibility index (Phi) is 13.5. The Bertz CT molecular complexity index is 2530. The number of benzene rings is 2. The van der Waals surface area contributed by atoms with Gasteiger partial charge in [0.05, 0.1) is 33.0 Å². The third-order valence-corrected chi connectivity index (χ3v) is 12.0. The molecule has 1 aliphatic heterocycles. The Balaban J connectivity index is 1.25. The SMILES string of the molecule is BC(B)(Oc1ccccc1[C@H](F)[C@@H](Oc1ncnc2sc(-c3ccc(F)o3)c(-c3ccc(OCCN4CCN(C)CC4)c(Cl)c3C)c12)C(=O)OCC)c1ccnn1CC(F)(F)F. The van der Waals surface area contributed by atoms with Crippen molar-refractivity contribution in [1.29, 1.82) is 0 Å². The van der Waals surface area contributed by atoms with Crippen LogP contribution in [0.3, 0.4) is 0 Å². The van der Waals surface area contributed by atoms with Crippen LogP contribution in [0.2, 0.25) is 5.02 Å². The van der Waals surface area contributed by atoms with Crippen LogP contribution < -0.4 is 14.2 Å². The van der Waals surface area contributed by atoms with E-state index in [4.69, 9.17) is 35.0 Å². The molecule has 12 nitrogen and oxygen atoms in total. The van der Waals surface area contributed by atoms with Crippen molar-refractivity contribution in [3.05, 3.63) is 95.0 Å². The zero-order chi connectivity index (χ0) is 44.3. The molecular formula is C41H42B2ClF5N6O6S. The predicted molar refractivity (Wildman–Crippen MR) is 229 cm³/mol. The number of furan rings is 1. The average Bonchev–Trinajstić information content (AvgIpc) is 3.98. The summed E-state index contributed by atoms with van der Waals surface area (Å²) in [5.74, 6) is -0.754. The highest BCUT2D eigenvalue weighted by Crippen LogP contribution is 2.50. The normalized spacial score (nSPS) is 15.1. The lowest BCUT2D eigenvalue weighted by Crippen LogP contribution is -2.45. The number of esters is 1. The number of aromatic nitrogens is 4. The fraction of sp³-hybridized carbons (Fsp3) is 0.366. The van der Waals surface area contributed by atoms with Gasteiger partial charge >= 0.3 is 12.1 Å². The Labute approximate surface area is 364 Å². The van der Waals surface area contributed by atoms with E-state index in [1.54, 1.807) is 32.0 Å². The van der Waals surface area contributed by atoms with Gasteiger partial charge in [-0.2, -0.15) is 22.7 Å². The van der Waals surface area contributed by atoms with Gasteiger partial charge < -0.3 is 28.3 Å². The third-order valence-electron chi connectivity index (χ3n) is 10.4. The van der Waals surface area contributed by atoms with E-state index in [9.17, 15) is 22.4 Å². The van der Waals surface area contributed by atoms with Crippen molar-refractivity contribution in [3.8, 4) is 39.1 Å². The van der Waals surface area contributed by atoms with E-state index in [0.29, 0.717) is 50.3 Å². The molecule has 0 amide bonds. The molecular weight excluding hydrogens is 857 g/mol. The number of thiophene rings is 1. The lowest BCUT2D eigenvalue weighted by molar-refractivity contribution is -0.155. The quantitative estimate of drug-likeness (QED) is 0.0596. The minimum absolute atomic E-state index is 0.0690. The molecule has 0 aliphatic carbocycles. The summed E-state index contributed by atoms with van der Waals surface area (Å²) >= 11 is 8.11. The molecule has 0 spiro atoms. The van der Waals surface area contributed by atoms with Gasteiger partial charge in [-0.05, 0) is 56.3 Å². The molecule has 62 heavy (non-hydrogen) atoms. The first-order valence-electron chi connectivity index (χ1n) is 19.7. The molecule has 21 heteroatoms. The molecule has 7 rings (SSSR count). The zero-order valence-electron chi connectivity index (χ0n) is 34.5. The maximum Gasteiger partial charge on any atom is 0.408 e. The summed E-state index contributed by atoms with van der Waals surface area (Å²) in [5.41, 5.74) is 1.46. The number of nitrogens with zero attached hydrogens (tertiary/aromatic N) is 6. The number of piperazine rings is 1. The number of hydrogen-bond acceptors (Lipinski definition) is 12. The molecule has 1 saturated heterocycles. The van der Waals surface area contributed by atoms with Gasteiger partial charge in [0.15, 0.2) is 21.9 Å². The van der Waals surface area contributed by atoms with Gasteiger partial charge in [-0.25, -0.2) is 19.2 Å². The Morgan fingerprint density at radius 3 is 2.50 bits per heavy atom. The largest absolute Gasteiger partial charge is 0.499 e. The summed E-state index contributed by atoms with van der Waals surface area (Å²) < 4.78 is 102. The van der Waals surface area contributed by atoms with Gasteiger partial charge in [0, 0.05) is 56.1 Å². The second-order valence-corrected chi connectivity index (χ2v) is 16.5. The Hall–Kier alpha value is -5.17. The molecule has 1 fully saturated rings. The minimum Gasteiger partial charge on any atom is -0.499 e. The standard InChI is InChI=1S/C41H42B2ClF5N6O6S/c1-4-57-39(56)35(34(46)25-7-5-6-8-26(25)61-41(42,43)29-13-14-52-55(29)21-40(47,48)49)60-37-32-31(36(28-11-12-30(45)59-28)62-38(32)51-22-50-37)24-9-10-27(33(44)23(24)2)58-20-19-54-17-15-53(3)16-18-54/h5-14,22,34-35H,4,15-21,42-43H2,1-3H3/t34-,35+/m0/s1. The van der Waals surface area contributed by atoms with Crippen LogP contribution in [-0.2, 0) is 21.5 Å². The summed E-state index contributed by atoms with van der Waals surface area (Å²) in [4.78, 5) is 27.9. The molecule has 1 aliphatic rings. The van der Waals surface area contributed by atoms with Crippen molar-refractivity contribution in [3.63, 3.8) is 0 Å². The van der Waals surface area contributed by atoms with E-state index < -0.39 is 42.4 Å². The smallest absolute Gasteiger partial charge is 0.408 e. The van der Waals surface area contributed by atoms with Crippen molar-refractivity contribution in [2.45, 2.75) is 44.2 Å². The van der Waals surface area contributed by atoms with Crippen LogP contribution in [0.25, 0.3) is 32.0 Å². The maximum absolute atomic E-state index is 17.2. The fourth-order valence-electron chi connectivity index (χ4n) is 7.27. The minimum atomic E-state index is -4.57. The van der Waals surface area contributed by atoms with E-state index in [1.807, 2.05) is 0 Å². The molecule has 0 N–H and O–H groups in total. The van der Waals surface area contributed by atoms with Crippen LogP contribution in [0.4, 0.5) is 22.0 Å². The van der Waals surface area contributed by atoms with Crippen LogP contribution in [0.1, 0.15) is 29.9 Å². The number of hydrogen-bond donors (Lipinski definition) is 0. The van der Waals surface area contributed by atoms with Crippen molar-refractivity contribution in [2.24, 2.45) is 0 Å². The van der Waals surface area contributed by atoms with Crippen LogP contribution in [0.15, 0.2) is 71.5 Å². The van der Waals surface area contributed by atoms with Crippen LogP contribution in [0, 0.1) is 12.9 Å². The molecule has 4 aromatic heterocycles. The van der Waals surface area contributed by atoms with Gasteiger partial charge in [-0.3, -0.25) is 9.58 Å². The summed E-state index contributed by atoms with van der Waals surface area (Å²) in [6, 6.07) is 12.5. The molecule has 0 radical (unpaired) electrons. The molecule has 2 aromatic carbocycles. The summed E-state index contributed by atoms with van der Waals surface area (Å²) in [6.07, 6.45) is -6.44. The van der Waals surface area contributed by atoms with Crippen LogP contribution >= 0.6 is 22.9 Å². The van der Waals surface area contributed by atoms with Gasteiger partial charge in [0.25, 0.3) is 6.01 Å². The topological polar surface area (TPSA) is 117 Å². The molecule has 6 aromatic rings. The summed E-state index contributed by atoms with van der Waals surface area (Å²) in [6.45, 7) is 6.76. The lowest BCUT2D eigenvalue weighted by atomic mass is 9.63. The molecule has 0 unspecified atom stereocenters. The van der Waals surface area contributed by atoms with Crippen molar-refractivity contribution in [2.75, 3.05) is 53.0 Å². The first kappa shape index (κ1) is 44.9. The number of carbonyl (C=O) groups is 1. The van der Waals surface area contributed by atoms with E-state index >= 15 is 4.39 Å². The van der Waals surface area contributed by atoms with Crippen molar-refractivity contribution < 1.29 is 50.1 Å². The average molecular weight is 899 g/mol. The third kappa shape index (κ3) is 9.88. The van der Waals surface area contributed by atoms with Crippen LogP contribution in [-0.4, -0.2) is 116 Å². The number of para-hydroxylation sites is 1. The van der Waals surface area contributed by atoms with Gasteiger partial charge in [-0.1, -0.05) is 35.9 Å². The van der Waals surface area contributed by atoms with E-state index in [1.165, 1.54) is 64.6 Å². The van der Waals surface area contributed by atoms with E-state index in [2.05, 4.69) is 31.9 Å². The number of rotatable bonds is 16. The number of halogens is 6. The van der Waals surface area contributed by atoms with Gasteiger partial charge in [-0.15, -0.1) is 11.3 Å². The van der Waals surface area contributed by atoms with E-state index in [0.717, 1.165) is 42.2 Å². The summed E-state index contributed by atoms with van der Waals surface area (Å²) in [7, 11) is 5.12. The first-order valence-corrected chi connectivity index (χ1v) is 20.9.